The zero-order chi connectivity index (χ0) is 14.0. The van der Waals surface area contributed by atoms with Crippen molar-refractivity contribution in [2.75, 3.05) is 6.61 Å². The van der Waals surface area contributed by atoms with Crippen LogP contribution in [0.3, 0.4) is 0 Å². The van der Waals surface area contributed by atoms with Crippen LogP contribution in [-0.4, -0.2) is 12.6 Å². The van der Waals surface area contributed by atoms with Gasteiger partial charge >= 0.3 is 5.97 Å². The molecule has 0 radical (unpaired) electrons. The van der Waals surface area contributed by atoms with Gasteiger partial charge in [0.15, 0.2) is 0 Å². The normalized spacial score (nSPS) is 12.9. The molecule has 0 aromatic rings. The van der Waals surface area contributed by atoms with Gasteiger partial charge in [-0.05, 0) is 39.5 Å². The molecule has 2 heteroatoms. The van der Waals surface area contributed by atoms with Crippen molar-refractivity contribution in [1.82, 2.24) is 0 Å². The summed E-state index contributed by atoms with van der Waals surface area (Å²) in [5.74, 6) is -0.0895. The summed E-state index contributed by atoms with van der Waals surface area (Å²) in [7, 11) is 0. The summed E-state index contributed by atoms with van der Waals surface area (Å²) in [5, 5.41) is 0. The SMILES string of the molecule is C=CCCCC/C=C(/C)C(COC(C)=O)C(=C)C. The topological polar surface area (TPSA) is 26.3 Å². The molecular formula is C16H26O2. The lowest BCUT2D eigenvalue weighted by atomic mass is 9.93. The lowest BCUT2D eigenvalue weighted by molar-refractivity contribution is -0.141. The van der Waals surface area contributed by atoms with E-state index in [1.807, 2.05) is 13.0 Å². The van der Waals surface area contributed by atoms with Crippen molar-refractivity contribution in [2.24, 2.45) is 5.92 Å². The van der Waals surface area contributed by atoms with Crippen LogP contribution in [-0.2, 0) is 9.53 Å². The lowest BCUT2D eigenvalue weighted by Crippen LogP contribution is -2.14. The average molecular weight is 250 g/mol. The van der Waals surface area contributed by atoms with Gasteiger partial charge in [-0.2, -0.15) is 0 Å². The predicted octanol–water partition coefficient (Wildman–Crippen LogP) is 4.43. The number of ether oxygens (including phenoxy) is 1. The van der Waals surface area contributed by atoms with Crippen LogP contribution in [0.25, 0.3) is 0 Å². The van der Waals surface area contributed by atoms with E-state index in [2.05, 4.69) is 26.2 Å². The Morgan fingerprint density at radius 3 is 2.33 bits per heavy atom. The number of hydrogen-bond acceptors (Lipinski definition) is 2. The Morgan fingerprint density at radius 2 is 1.83 bits per heavy atom. The average Bonchev–Trinajstić information content (AvgIpc) is 2.28. The van der Waals surface area contributed by atoms with E-state index in [0.717, 1.165) is 18.4 Å². The summed E-state index contributed by atoms with van der Waals surface area (Å²) in [4.78, 5) is 10.8. The van der Waals surface area contributed by atoms with E-state index < -0.39 is 0 Å². The van der Waals surface area contributed by atoms with Gasteiger partial charge in [-0.1, -0.05) is 29.9 Å². The predicted molar refractivity (Wildman–Crippen MR) is 77.4 cm³/mol. The highest BCUT2D eigenvalue weighted by atomic mass is 16.5. The second-order valence-electron chi connectivity index (χ2n) is 4.72. The smallest absolute Gasteiger partial charge is 0.302 e. The van der Waals surface area contributed by atoms with Gasteiger partial charge in [0.1, 0.15) is 6.61 Å². The van der Waals surface area contributed by atoms with E-state index in [1.54, 1.807) is 0 Å². The maximum atomic E-state index is 10.8. The Morgan fingerprint density at radius 1 is 1.22 bits per heavy atom. The molecule has 0 rings (SSSR count). The number of carbonyl (C=O) groups excluding carboxylic acids is 1. The molecule has 0 N–H and O–H groups in total. The summed E-state index contributed by atoms with van der Waals surface area (Å²) in [6.07, 6.45) is 8.66. The van der Waals surface area contributed by atoms with Crippen molar-refractivity contribution in [3.05, 3.63) is 36.5 Å². The van der Waals surface area contributed by atoms with Crippen LogP contribution >= 0.6 is 0 Å². The second kappa shape index (κ2) is 9.69. The summed E-state index contributed by atoms with van der Waals surface area (Å²) in [5.41, 5.74) is 2.28. The third-order valence-electron chi connectivity index (χ3n) is 2.93. The summed E-state index contributed by atoms with van der Waals surface area (Å²) in [6.45, 7) is 13.6. The molecule has 0 aromatic carbocycles. The molecule has 1 atom stereocenters. The van der Waals surface area contributed by atoms with E-state index in [9.17, 15) is 4.79 Å². The first-order valence-electron chi connectivity index (χ1n) is 6.55. The van der Waals surface area contributed by atoms with Gasteiger partial charge in [0.2, 0.25) is 0 Å². The fourth-order valence-electron chi connectivity index (χ4n) is 1.77. The van der Waals surface area contributed by atoms with E-state index in [0.29, 0.717) is 6.61 Å². The molecule has 0 bridgehead atoms. The Balaban J connectivity index is 4.23. The van der Waals surface area contributed by atoms with Crippen molar-refractivity contribution in [1.29, 1.82) is 0 Å². The molecule has 0 saturated heterocycles. The van der Waals surface area contributed by atoms with Crippen molar-refractivity contribution in [2.45, 2.75) is 46.5 Å². The first-order chi connectivity index (χ1) is 8.49. The monoisotopic (exact) mass is 250 g/mol. The van der Waals surface area contributed by atoms with E-state index >= 15 is 0 Å². The van der Waals surface area contributed by atoms with Crippen LogP contribution in [0.5, 0.6) is 0 Å². The Hall–Kier alpha value is -1.31. The first-order valence-corrected chi connectivity index (χ1v) is 6.55. The fourth-order valence-corrected chi connectivity index (χ4v) is 1.77. The number of hydrogen-bond donors (Lipinski definition) is 0. The molecule has 2 nitrogen and oxygen atoms in total. The molecule has 0 aliphatic carbocycles. The third-order valence-corrected chi connectivity index (χ3v) is 2.93. The molecule has 0 heterocycles. The maximum Gasteiger partial charge on any atom is 0.302 e. The number of rotatable bonds is 9. The van der Waals surface area contributed by atoms with Gasteiger partial charge in [-0.25, -0.2) is 0 Å². The number of allylic oxidation sites excluding steroid dienone is 2. The van der Waals surface area contributed by atoms with E-state index in [4.69, 9.17) is 4.74 Å². The number of carbonyl (C=O) groups is 1. The molecule has 0 aliphatic heterocycles. The zero-order valence-electron chi connectivity index (χ0n) is 12.0. The molecular weight excluding hydrogens is 224 g/mol. The molecule has 0 spiro atoms. The molecule has 0 aromatic heterocycles. The highest BCUT2D eigenvalue weighted by Crippen LogP contribution is 2.20. The van der Waals surface area contributed by atoms with Crippen LogP contribution in [0.15, 0.2) is 36.5 Å². The van der Waals surface area contributed by atoms with E-state index in [1.165, 1.54) is 25.3 Å². The number of esters is 1. The molecule has 1 unspecified atom stereocenters. The Bertz CT molecular complexity index is 313. The fraction of sp³-hybridized carbons (Fsp3) is 0.562. The lowest BCUT2D eigenvalue weighted by Gasteiger charge is -2.17. The first kappa shape index (κ1) is 16.7. The Kier molecular flexibility index (Phi) is 8.99. The van der Waals surface area contributed by atoms with Gasteiger partial charge in [-0.15, -0.1) is 6.58 Å². The number of unbranched alkanes of at least 4 members (excludes halogenated alkanes) is 3. The second-order valence-corrected chi connectivity index (χ2v) is 4.72. The minimum Gasteiger partial charge on any atom is -0.465 e. The quantitative estimate of drug-likeness (QED) is 0.343. The van der Waals surface area contributed by atoms with Crippen LogP contribution in [0.4, 0.5) is 0 Å². The van der Waals surface area contributed by atoms with Gasteiger partial charge in [0.05, 0.1) is 0 Å². The van der Waals surface area contributed by atoms with Crippen molar-refractivity contribution in [3.63, 3.8) is 0 Å². The molecule has 102 valence electrons. The standard InChI is InChI=1S/C16H26O2/c1-6-7-8-9-10-11-14(4)16(13(2)3)12-18-15(5)17/h6,11,16H,1-2,7-10,12H2,3-5H3/b14-11-. The van der Waals surface area contributed by atoms with Crippen LogP contribution in [0.1, 0.15) is 46.5 Å². The van der Waals surface area contributed by atoms with Crippen molar-refractivity contribution < 1.29 is 9.53 Å². The maximum absolute atomic E-state index is 10.8. The van der Waals surface area contributed by atoms with Gasteiger partial charge < -0.3 is 4.74 Å². The third kappa shape index (κ3) is 7.88. The van der Waals surface area contributed by atoms with Crippen LogP contribution in [0, 0.1) is 5.92 Å². The molecule has 0 fully saturated rings. The minimum absolute atomic E-state index is 0.147. The van der Waals surface area contributed by atoms with Gasteiger partial charge in [0, 0.05) is 12.8 Å². The van der Waals surface area contributed by atoms with Crippen LogP contribution < -0.4 is 0 Å². The van der Waals surface area contributed by atoms with Crippen LogP contribution in [0.2, 0.25) is 0 Å². The molecule has 18 heavy (non-hydrogen) atoms. The van der Waals surface area contributed by atoms with Crippen molar-refractivity contribution in [3.8, 4) is 0 Å². The highest BCUT2D eigenvalue weighted by molar-refractivity contribution is 5.65. The largest absolute Gasteiger partial charge is 0.465 e. The zero-order valence-corrected chi connectivity index (χ0v) is 12.0. The minimum atomic E-state index is -0.236. The summed E-state index contributed by atoms with van der Waals surface area (Å²) < 4.78 is 5.08. The molecule has 0 amide bonds. The van der Waals surface area contributed by atoms with Gasteiger partial charge in [-0.3, -0.25) is 4.79 Å². The molecule has 0 saturated carbocycles. The Labute approximate surface area is 111 Å². The van der Waals surface area contributed by atoms with Crippen molar-refractivity contribution >= 4 is 5.97 Å². The molecule has 0 aliphatic rings. The highest BCUT2D eigenvalue weighted by Gasteiger charge is 2.13. The summed E-state index contributed by atoms with van der Waals surface area (Å²) in [6, 6.07) is 0. The van der Waals surface area contributed by atoms with Gasteiger partial charge in [0.25, 0.3) is 0 Å². The summed E-state index contributed by atoms with van der Waals surface area (Å²) >= 11 is 0. The van der Waals surface area contributed by atoms with E-state index in [-0.39, 0.29) is 11.9 Å².